The maximum Gasteiger partial charge on any atom is 0.225 e. The van der Waals surface area contributed by atoms with Crippen LogP contribution >= 0.6 is 0 Å². The molecule has 0 radical (unpaired) electrons. The Labute approximate surface area is 121 Å². The summed E-state index contributed by atoms with van der Waals surface area (Å²) in [6.45, 7) is 2.92. The van der Waals surface area contributed by atoms with Crippen molar-refractivity contribution in [3.63, 3.8) is 0 Å². The molecule has 2 N–H and O–H groups in total. The molecule has 3 rings (SSSR count). The number of para-hydroxylation sites is 1. The van der Waals surface area contributed by atoms with E-state index in [-0.39, 0.29) is 11.8 Å². The van der Waals surface area contributed by atoms with E-state index in [1.807, 2.05) is 12.1 Å². The second kappa shape index (κ2) is 5.86. The Balaban J connectivity index is 1.58. The number of nitrogens with one attached hydrogen (secondary N) is 2. The number of benzene rings is 1. The minimum absolute atomic E-state index is 0.0637. The molecule has 1 saturated carbocycles. The molecule has 1 amide bonds. The first kappa shape index (κ1) is 13.5. The lowest BCUT2D eigenvalue weighted by Crippen LogP contribution is -2.44. The smallest absolute Gasteiger partial charge is 0.225 e. The zero-order valence-electron chi connectivity index (χ0n) is 12.2. The highest BCUT2D eigenvalue weighted by Gasteiger charge is 2.28. The number of rotatable bonds is 3. The monoisotopic (exact) mass is 272 g/mol. The van der Waals surface area contributed by atoms with Gasteiger partial charge in [0.2, 0.25) is 5.91 Å². The van der Waals surface area contributed by atoms with Crippen LogP contribution in [0.2, 0.25) is 0 Å². The van der Waals surface area contributed by atoms with Crippen molar-refractivity contribution in [2.24, 2.45) is 11.8 Å². The molecule has 0 saturated heterocycles. The van der Waals surface area contributed by atoms with Crippen molar-refractivity contribution in [2.75, 3.05) is 11.9 Å². The summed E-state index contributed by atoms with van der Waals surface area (Å²) in [4.78, 5) is 12.4. The Bertz CT molecular complexity index is 480. The van der Waals surface area contributed by atoms with Gasteiger partial charge in [0.05, 0.1) is 5.92 Å². The van der Waals surface area contributed by atoms with Gasteiger partial charge in [-0.25, -0.2) is 0 Å². The fraction of sp³-hybridized carbons (Fsp3) is 0.588. The summed E-state index contributed by atoms with van der Waals surface area (Å²) in [5.74, 6) is 0.961. The highest BCUT2D eigenvalue weighted by Crippen LogP contribution is 2.28. The second-order valence-corrected chi connectivity index (χ2v) is 6.28. The zero-order chi connectivity index (χ0) is 13.9. The first-order chi connectivity index (χ1) is 9.74. The molecule has 0 bridgehead atoms. The maximum atomic E-state index is 12.4. The number of carbonyl (C=O) groups excluding carboxylic acids is 1. The molecule has 3 heteroatoms. The molecule has 2 atom stereocenters. The molecule has 0 spiro atoms. The van der Waals surface area contributed by atoms with Crippen molar-refractivity contribution in [1.29, 1.82) is 0 Å². The normalized spacial score (nSPS) is 23.8. The maximum absolute atomic E-state index is 12.4. The minimum atomic E-state index is 0.0637. The molecule has 2 aliphatic rings. The van der Waals surface area contributed by atoms with Crippen LogP contribution in [0.3, 0.4) is 0 Å². The molecular formula is C17H24N2O. The van der Waals surface area contributed by atoms with Crippen molar-refractivity contribution in [2.45, 2.75) is 45.1 Å². The Kier molecular flexibility index (Phi) is 3.95. The molecule has 0 aromatic heterocycles. The van der Waals surface area contributed by atoms with Gasteiger partial charge in [-0.15, -0.1) is 0 Å². The van der Waals surface area contributed by atoms with Crippen LogP contribution in [0.15, 0.2) is 24.3 Å². The number of hydrogen-bond donors (Lipinski definition) is 2. The second-order valence-electron chi connectivity index (χ2n) is 6.28. The van der Waals surface area contributed by atoms with E-state index >= 15 is 0 Å². The largest absolute Gasteiger partial charge is 0.384 e. The van der Waals surface area contributed by atoms with Crippen molar-refractivity contribution in [3.8, 4) is 0 Å². The first-order valence-corrected chi connectivity index (χ1v) is 7.86. The van der Waals surface area contributed by atoms with Crippen LogP contribution in [0.4, 0.5) is 5.69 Å². The van der Waals surface area contributed by atoms with Crippen LogP contribution in [0.5, 0.6) is 0 Å². The molecule has 3 nitrogen and oxygen atoms in total. The van der Waals surface area contributed by atoms with Crippen molar-refractivity contribution in [3.05, 3.63) is 29.8 Å². The predicted molar refractivity (Wildman–Crippen MR) is 81.7 cm³/mol. The summed E-state index contributed by atoms with van der Waals surface area (Å²) in [5, 5.41) is 6.62. The van der Waals surface area contributed by atoms with Gasteiger partial charge < -0.3 is 10.6 Å². The van der Waals surface area contributed by atoms with E-state index < -0.39 is 0 Å². The third-order valence-electron chi connectivity index (χ3n) is 4.87. The van der Waals surface area contributed by atoms with Crippen LogP contribution < -0.4 is 10.6 Å². The SMILES string of the molecule is C[C@@H](NC(=O)C1CNc2ccccc2C1)C1CCCC1. The molecule has 1 heterocycles. The summed E-state index contributed by atoms with van der Waals surface area (Å²) < 4.78 is 0. The average Bonchev–Trinajstić information content (AvgIpc) is 3.01. The summed E-state index contributed by atoms with van der Waals surface area (Å²) in [7, 11) is 0. The van der Waals surface area contributed by atoms with E-state index in [4.69, 9.17) is 0 Å². The highest BCUT2D eigenvalue weighted by atomic mass is 16.2. The molecule has 108 valence electrons. The number of amides is 1. The van der Waals surface area contributed by atoms with E-state index in [1.54, 1.807) is 0 Å². The van der Waals surface area contributed by atoms with Gasteiger partial charge in [0, 0.05) is 18.3 Å². The highest BCUT2D eigenvalue weighted by molar-refractivity contribution is 5.81. The lowest BCUT2D eigenvalue weighted by molar-refractivity contribution is -0.125. The van der Waals surface area contributed by atoms with Gasteiger partial charge in [0.15, 0.2) is 0 Å². The Hall–Kier alpha value is -1.51. The third-order valence-corrected chi connectivity index (χ3v) is 4.87. The Morgan fingerprint density at radius 1 is 1.30 bits per heavy atom. The van der Waals surface area contributed by atoms with Gasteiger partial charge in [-0.3, -0.25) is 4.79 Å². The fourth-order valence-electron chi connectivity index (χ4n) is 3.54. The molecule has 1 aliphatic heterocycles. The number of anilines is 1. The average molecular weight is 272 g/mol. The zero-order valence-corrected chi connectivity index (χ0v) is 12.2. The fourth-order valence-corrected chi connectivity index (χ4v) is 3.54. The van der Waals surface area contributed by atoms with Crippen molar-refractivity contribution >= 4 is 11.6 Å². The lowest BCUT2D eigenvalue weighted by Gasteiger charge is -2.28. The van der Waals surface area contributed by atoms with Crippen LogP contribution in [-0.4, -0.2) is 18.5 Å². The molecule has 1 aliphatic carbocycles. The number of hydrogen-bond acceptors (Lipinski definition) is 2. The van der Waals surface area contributed by atoms with E-state index in [0.29, 0.717) is 12.0 Å². The predicted octanol–water partition coefficient (Wildman–Crippen LogP) is 2.97. The number of fused-ring (bicyclic) bond motifs is 1. The van der Waals surface area contributed by atoms with E-state index in [9.17, 15) is 4.79 Å². The third kappa shape index (κ3) is 2.82. The summed E-state index contributed by atoms with van der Waals surface area (Å²) >= 11 is 0. The van der Waals surface area contributed by atoms with E-state index in [0.717, 1.165) is 13.0 Å². The van der Waals surface area contributed by atoms with Crippen molar-refractivity contribution < 1.29 is 4.79 Å². The van der Waals surface area contributed by atoms with Gasteiger partial charge in [0.25, 0.3) is 0 Å². The quantitative estimate of drug-likeness (QED) is 0.888. The van der Waals surface area contributed by atoms with Crippen LogP contribution in [0, 0.1) is 11.8 Å². The van der Waals surface area contributed by atoms with Crippen LogP contribution in [-0.2, 0) is 11.2 Å². The Morgan fingerprint density at radius 3 is 2.85 bits per heavy atom. The molecule has 20 heavy (non-hydrogen) atoms. The van der Waals surface area contributed by atoms with Gasteiger partial charge >= 0.3 is 0 Å². The van der Waals surface area contributed by atoms with E-state index in [2.05, 4.69) is 29.7 Å². The summed E-state index contributed by atoms with van der Waals surface area (Å²) in [6, 6.07) is 8.60. The van der Waals surface area contributed by atoms with Crippen molar-refractivity contribution in [1.82, 2.24) is 5.32 Å². The van der Waals surface area contributed by atoms with Gasteiger partial charge in [0.1, 0.15) is 0 Å². The summed E-state index contributed by atoms with van der Waals surface area (Å²) in [6.07, 6.45) is 6.04. The van der Waals surface area contributed by atoms with Crippen LogP contribution in [0.1, 0.15) is 38.2 Å². The standard InChI is InChI=1S/C17H24N2O/c1-12(13-6-2-3-7-13)19-17(20)15-10-14-8-4-5-9-16(14)18-11-15/h4-5,8-9,12-13,15,18H,2-3,6-7,10-11H2,1H3,(H,19,20)/t12-,15?/m1/s1. The molecule has 1 fully saturated rings. The van der Waals surface area contributed by atoms with Gasteiger partial charge in [-0.2, -0.15) is 0 Å². The van der Waals surface area contributed by atoms with Crippen LogP contribution in [0.25, 0.3) is 0 Å². The molecule has 1 aromatic rings. The molecular weight excluding hydrogens is 248 g/mol. The lowest BCUT2D eigenvalue weighted by atomic mass is 9.92. The number of carbonyl (C=O) groups is 1. The topological polar surface area (TPSA) is 41.1 Å². The minimum Gasteiger partial charge on any atom is -0.384 e. The molecule has 1 unspecified atom stereocenters. The first-order valence-electron chi connectivity index (χ1n) is 7.86. The molecule has 1 aromatic carbocycles. The van der Waals surface area contributed by atoms with E-state index in [1.165, 1.54) is 36.9 Å². The summed E-state index contributed by atoms with van der Waals surface area (Å²) in [5.41, 5.74) is 2.44. The van der Waals surface area contributed by atoms with Gasteiger partial charge in [-0.1, -0.05) is 31.0 Å². The Morgan fingerprint density at radius 2 is 2.05 bits per heavy atom. The van der Waals surface area contributed by atoms with Gasteiger partial charge in [-0.05, 0) is 43.7 Å².